The summed E-state index contributed by atoms with van der Waals surface area (Å²) in [5.41, 5.74) is 7.86. The zero-order chi connectivity index (χ0) is 22.8. The number of halogens is 2. The van der Waals surface area contributed by atoms with Crippen LogP contribution in [0.15, 0.2) is 30.3 Å². The number of carbonyl (C=O) groups is 2. The van der Waals surface area contributed by atoms with Crippen LogP contribution in [-0.2, 0) is 22.4 Å². The monoisotopic (exact) mass is 443 g/mol. The molecule has 1 saturated heterocycles. The van der Waals surface area contributed by atoms with Crippen molar-refractivity contribution in [1.29, 1.82) is 0 Å². The molecule has 4 atom stereocenters. The summed E-state index contributed by atoms with van der Waals surface area (Å²) < 4.78 is 26.9. The van der Waals surface area contributed by atoms with Gasteiger partial charge in [-0.25, -0.2) is 13.8 Å². The van der Waals surface area contributed by atoms with Crippen LogP contribution in [0.1, 0.15) is 42.6 Å². The first-order valence-electron chi connectivity index (χ1n) is 10.8. The summed E-state index contributed by atoms with van der Waals surface area (Å²) in [6, 6.07) is 6.22. The van der Waals surface area contributed by atoms with E-state index in [9.17, 15) is 18.4 Å². The van der Waals surface area contributed by atoms with Crippen molar-refractivity contribution in [2.45, 2.75) is 50.7 Å². The fourth-order valence-electron chi connectivity index (χ4n) is 4.44. The summed E-state index contributed by atoms with van der Waals surface area (Å²) in [6.45, 7) is 2.30. The molecule has 2 aliphatic rings. The molecule has 2 amide bonds. The largest absolute Gasteiger partial charge is 0.381 e. The molecule has 4 rings (SSSR count). The minimum atomic E-state index is -0.740. The van der Waals surface area contributed by atoms with Crippen molar-refractivity contribution in [3.8, 4) is 0 Å². The Hall–Kier alpha value is -3.07. The molecule has 0 saturated carbocycles. The van der Waals surface area contributed by atoms with Crippen LogP contribution in [-0.4, -0.2) is 35.4 Å². The lowest BCUT2D eigenvalue weighted by molar-refractivity contribution is -0.129. The number of amides is 2. The average Bonchev–Trinajstić information content (AvgIpc) is 3.37. The molecule has 9 heteroatoms. The smallest absolute Gasteiger partial charge is 0.242 e. The molecule has 1 fully saturated rings. The fourth-order valence-corrected chi connectivity index (χ4v) is 4.44. The van der Waals surface area contributed by atoms with Gasteiger partial charge in [-0.2, -0.15) is 0 Å². The lowest BCUT2D eigenvalue weighted by Crippen LogP contribution is -2.50. The van der Waals surface area contributed by atoms with E-state index in [-0.39, 0.29) is 41.5 Å². The second-order valence-electron chi connectivity index (χ2n) is 8.61. The van der Waals surface area contributed by atoms with Gasteiger partial charge in [-0.1, -0.05) is 12.1 Å². The number of benzene rings is 1. The number of anilines is 1. The summed E-state index contributed by atoms with van der Waals surface area (Å²) in [4.78, 5) is 29.3. The van der Waals surface area contributed by atoms with E-state index in [1.807, 2.05) is 0 Å². The number of pyridine rings is 1. The Kier molecular flexibility index (Phi) is 6.36. The number of nitrogen functional groups attached to an aromatic ring is 1. The quantitative estimate of drug-likeness (QED) is 0.544. The van der Waals surface area contributed by atoms with Crippen LogP contribution in [0, 0.1) is 17.6 Å². The Labute approximate surface area is 185 Å². The van der Waals surface area contributed by atoms with E-state index in [0.29, 0.717) is 37.1 Å². The molecule has 2 heterocycles. The van der Waals surface area contributed by atoms with Gasteiger partial charge in [0, 0.05) is 5.69 Å². The highest BCUT2D eigenvalue weighted by Gasteiger charge is 2.32. The van der Waals surface area contributed by atoms with Gasteiger partial charge in [-0.3, -0.25) is 9.59 Å². The summed E-state index contributed by atoms with van der Waals surface area (Å²) in [5, 5.41) is 8.83. The summed E-state index contributed by atoms with van der Waals surface area (Å²) in [5.74, 6) is -1.33. The van der Waals surface area contributed by atoms with Gasteiger partial charge in [-0.15, -0.1) is 0 Å². The minimum Gasteiger partial charge on any atom is -0.381 e. The van der Waals surface area contributed by atoms with Gasteiger partial charge in [0.25, 0.3) is 0 Å². The zero-order valence-electron chi connectivity index (χ0n) is 17.8. The number of nitrogens with zero attached hydrogens (tertiary/aromatic N) is 1. The highest BCUT2D eigenvalue weighted by molar-refractivity contribution is 5.89. The molecule has 1 unspecified atom stereocenters. The highest BCUT2D eigenvalue weighted by atomic mass is 19.1. The summed E-state index contributed by atoms with van der Waals surface area (Å²) in [7, 11) is 0. The van der Waals surface area contributed by atoms with Gasteiger partial charge in [0.05, 0.1) is 12.1 Å². The van der Waals surface area contributed by atoms with Crippen LogP contribution in [0.25, 0.3) is 0 Å². The maximum absolute atomic E-state index is 13.8. The number of aryl methyl sites for hydroxylation is 1. The maximum Gasteiger partial charge on any atom is 0.242 e. The molecule has 0 spiro atoms. The summed E-state index contributed by atoms with van der Waals surface area (Å²) in [6.07, 6.45) is 2.60. The molecule has 5 N–H and O–H groups in total. The van der Waals surface area contributed by atoms with E-state index >= 15 is 0 Å². The van der Waals surface area contributed by atoms with Gasteiger partial charge in [0.15, 0.2) is 11.6 Å². The van der Waals surface area contributed by atoms with Crippen molar-refractivity contribution >= 4 is 17.6 Å². The number of nitrogens with two attached hydrogens (primary N) is 1. The fraction of sp³-hybridized carbons (Fsp3) is 0.435. The normalized spacial score (nSPS) is 22.9. The number of aromatic nitrogens is 1. The van der Waals surface area contributed by atoms with Gasteiger partial charge >= 0.3 is 0 Å². The predicted octanol–water partition coefficient (Wildman–Crippen LogP) is 1.77. The van der Waals surface area contributed by atoms with Crippen molar-refractivity contribution in [1.82, 2.24) is 20.9 Å². The molecule has 2 aromatic rings. The van der Waals surface area contributed by atoms with Crippen LogP contribution < -0.4 is 21.7 Å². The molecule has 0 radical (unpaired) electrons. The molecule has 7 nitrogen and oxygen atoms in total. The molecule has 0 bridgehead atoms. The van der Waals surface area contributed by atoms with Gasteiger partial charge in [0.1, 0.15) is 11.9 Å². The Morgan fingerprint density at radius 3 is 2.78 bits per heavy atom. The number of hydrogen-bond acceptors (Lipinski definition) is 5. The third kappa shape index (κ3) is 4.88. The Balaban J connectivity index is 1.27. The minimum absolute atomic E-state index is 0.141. The predicted molar refractivity (Wildman–Crippen MR) is 115 cm³/mol. The van der Waals surface area contributed by atoms with Crippen LogP contribution in [0.2, 0.25) is 0 Å². The van der Waals surface area contributed by atoms with Gasteiger partial charge < -0.3 is 21.7 Å². The number of hydrogen-bond donors (Lipinski definition) is 4. The van der Waals surface area contributed by atoms with Crippen molar-refractivity contribution in [3.05, 3.63) is 58.8 Å². The first-order chi connectivity index (χ1) is 15.3. The Bertz CT molecular complexity index is 1010. The average molecular weight is 443 g/mol. The van der Waals surface area contributed by atoms with Crippen molar-refractivity contribution in [2.75, 3.05) is 12.3 Å². The molecule has 1 aromatic carbocycles. The number of fused-ring (bicyclic) bond motifs is 1. The third-order valence-corrected chi connectivity index (χ3v) is 6.21. The zero-order valence-corrected chi connectivity index (χ0v) is 17.8. The standard InChI is InChI=1S/C23H27F2N5O2/c1-12(22(31)30-19-7-6-18-16(19)10-17(25)21(26)29-18)28-23(32)20-9-14(11-27-20)8-13-2-4-15(24)5-3-13/h2-5,10,12,14,19-20,27H,6-9,11H2,1H3,(H2,26,29)(H,28,32)(H,30,31)/t12-,14-,19?,20+/m0/s1. The number of nitrogens with one attached hydrogen (secondary N) is 3. The number of carbonyl (C=O) groups excluding carboxylic acids is 2. The SMILES string of the molecule is C[C@H](NC(=O)[C@H]1C[C@H](Cc2ccc(F)cc2)CN1)C(=O)NC1CCc2nc(N)c(F)cc21. The lowest BCUT2D eigenvalue weighted by Gasteiger charge is -2.20. The molecule has 32 heavy (non-hydrogen) atoms. The Morgan fingerprint density at radius 1 is 1.28 bits per heavy atom. The van der Waals surface area contributed by atoms with Crippen LogP contribution in [0.4, 0.5) is 14.6 Å². The van der Waals surface area contributed by atoms with Crippen LogP contribution >= 0.6 is 0 Å². The van der Waals surface area contributed by atoms with Gasteiger partial charge in [0.2, 0.25) is 11.8 Å². The first kappa shape index (κ1) is 22.1. The summed E-state index contributed by atoms with van der Waals surface area (Å²) >= 11 is 0. The van der Waals surface area contributed by atoms with E-state index in [1.165, 1.54) is 18.2 Å². The van der Waals surface area contributed by atoms with E-state index in [2.05, 4.69) is 20.9 Å². The second kappa shape index (κ2) is 9.20. The topological polar surface area (TPSA) is 109 Å². The molecule has 1 aliphatic heterocycles. The van der Waals surface area contributed by atoms with Crippen LogP contribution in [0.5, 0.6) is 0 Å². The first-order valence-corrected chi connectivity index (χ1v) is 10.8. The van der Waals surface area contributed by atoms with E-state index in [4.69, 9.17) is 5.73 Å². The maximum atomic E-state index is 13.8. The second-order valence-corrected chi connectivity index (χ2v) is 8.61. The van der Waals surface area contributed by atoms with E-state index in [1.54, 1.807) is 19.1 Å². The van der Waals surface area contributed by atoms with Gasteiger partial charge in [-0.05, 0) is 74.4 Å². The number of rotatable bonds is 6. The van der Waals surface area contributed by atoms with E-state index in [0.717, 1.165) is 12.0 Å². The molecular weight excluding hydrogens is 416 g/mol. The van der Waals surface area contributed by atoms with Crippen molar-refractivity contribution in [2.24, 2.45) is 5.92 Å². The molecule has 1 aliphatic carbocycles. The lowest BCUT2D eigenvalue weighted by atomic mass is 9.96. The van der Waals surface area contributed by atoms with Crippen molar-refractivity contribution in [3.63, 3.8) is 0 Å². The van der Waals surface area contributed by atoms with E-state index < -0.39 is 11.9 Å². The van der Waals surface area contributed by atoms with Crippen molar-refractivity contribution < 1.29 is 18.4 Å². The highest BCUT2D eigenvalue weighted by Crippen LogP contribution is 2.31. The molecule has 170 valence electrons. The third-order valence-electron chi connectivity index (χ3n) is 6.21. The molecule has 1 aromatic heterocycles. The Morgan fingerprint density at radius 2 is 2.03 bits per heavy atom. The van der Waals surface area contributed by atoms with Crippen LogP contribution in [0.3, 0.4) is 0 Å². The molecular formula is C23H27F2N5O2.